The van der Waals surface area contributed by atoms with Crippen LogP contribution in [0.5, 0.6) is 11.5 Å². The molecule has 8 nitrogen and oxygen atoms in total. The molecule has 0 atom stereocenters. The first-order valence-corrected chi connectivity index (χ1v) is 12.8. The average molecular weight is 540 g/mol. The third-order valence-electron chi connectivity index (χ3n) is 6.82. The molecule has 0 saturated heterocycles. The molecule has 2 N–H and O–H groups in total. The summed E-state index contributed by atoms with van der Waals surface area (Å²) in [6.45, 7) is 5.69. The van der Waals surface area contributed by atoms with Gasteiger partial charge in [0.1, 0.15) is 34.5 Å². The molecule has 0 aliphatic rings. The lowest BCUT2D eigenvalue weighted by Gasteiger charge is -2.15. The fourth-order valence-electron chi connectivity index (χ4n) is 5.01. The molecule has 0 bridgehead atoms. The van der Waals surface area contributed by atoms with Gasteiger partial charge in [-0.3, -0.25) is 0 Å². The van der Waals surface area contributed by atoms with Crippen LogP contribution in [0.1, 0.15) is 17.3 Å². The van der Waals surface area contributed by atoms with Gasteiger partial charge in [0.05, 0.1) is 30.9 Å². The van der Waals surface area contributed by atoms with Crippen LogP contribution in [0.4, 0.5) is 11.5 Å². The van der Waals surface area contributed by atoms with Crippen molar-refractivity contribution in [3.63, 3.8) is 0 Å². The Bertz CT molecular complexity index is 1840. The maximum absolute atomic E-state index is 6.16. The van der Waals surface area contributed by atoms with Crippen molar-refractivity contribution < 1.29 is 14.0 Å². The number of aromatic amines is 1. The Kier molecular flexibility index (Phi) is 6.12. The quantitative estimate of drug-likeness (QED) is 0.223. The largest absolute Gasteiger partial charge is 0.497 e. The van der Waals surface area contributed by atoms with Gasteiger partial charge in [-0.2, -0.15) is 0 Å². The molecular weight excluding hydrogens is 514 g/mol. The van der Waals surface area contributed by atoms with Gasteiger partial charge in [-0.1, -0.05) is 28.9 Å². The molecule has 3 aromatic carbocycles. The average Bonchev–Trinajstić information content (AvgIpc) is 3.46. The molecule has 196 valence electrons. The van der Waals surface area contributed by atoms with Gasteiger partial charge in [0, 0.05) is 32.7 Å². The number of ether oxygens (including phenoxy) is 2. The van der Waals surface area contributed by atoms with Gasteiger partial charge in [0.25, 0.3) is 0 Å². The number of benzene rings is 3. The van der Waals surface area contributed by atoms with Crippen molar-refractivity contribution in [3.05, 3.63) is 76.9 Å². The van der Waals surface area contributed by atoms with E-state index >= 15 is 0 Å². The van der Waals surface area contributed by atoms with E-state index in [0.717, 1.165) is 67.1 Å². The minimum atomic E-state index is 0.635. The molecular formula is C30H26ClN5O3. The first-order valence-electron chi connectivity index (χ1n) is 12.4. The second-order valence-corrected chi connectivity index (χ2v) is 9.75. The van der Waals surface area contributed by atoms with Crippen LogP contribution in [-0.2, 0) is 0 Å². The Morgan fingerprint density at radius 3 is 2.38 bits per heavy atom. The maximum atomic E-state index is 6.16. The van der Waals surface area contributed by atoms with Crippen molar-refractivity contribution in [2.45, 2.75) is 20.8 Å². The van der Waals surface area contributed by atoms with Crippen LogP contribution in [-0.4, -0.2) is 34.3 Å². The number of nitrogens with zero attached hydrogens (tertiary/aromatic N) is 3. The summed E-state index contributed by atoms with van der Waals surface area (Å²) >= 11 is 6.16. The lowest BCUT2D eigenvalue weighted by Crippen LogP contribution is -2.00. The molecule has 0 spiro atoms. The van der Waals surface area contributed by atoms with Crippen molar-refractivity contribution in [1.29, 1.82) is 0 Å². The molecule has 0 aliphatic heterocycles. The minimum Gasteiger partial charge on any atom is -0.497 e. The highest BCUT2D eigenvalue weighted by molar-refractivity contribution is 6.30. The van der Waals surface area contributed by atoms with Crippen LogP contribution < -0.4 is 14.8 Å². The van der Waals surface area contributed by atoms with Gasteiger partial charge in [-0.05, 0) is 68.8 Å². The molecule has 3 heterocycles. The highest BCUT2D eigenvalue weighted by Gasteiger charge is 2.21. The zero-order valence-corrected chi connectivity index (χ0v) is 22.9. The van der Waals surface area contributed by atoms with Gasteiger partial charge in [-0.25, -0.2) is 9.97 Å². The van der Waals surface area contributed by atoms with Crippen molar-refractivity contribution in [1.82, 2.24) is 20.1 Å². The molecule has 0 saturated carbocycles. The lowest BCUT2D eigenvalue weighted by atomic mass is 10.0. The van der Waals surface area contributed by atoms with E-state index in [2.05, 4.69) is 15.5 Å². The highest BCUT2D eigenvalue weighted by atomic mass is 35.5. The third kappa shape index (κ3) is 4.32. The smallest absolute Gasteiger partial charge is 0.144 e. The van der Waals surface area contributed by atoms with Gasteiger partial charge < -0.3 is 24.3 Å². The summed E-state index contributed by atoms with van der Waals surface area (Å²) < 4.78 is 16.8. The van der Waals surface area contributed by atoms with E-state index in [4.69, 9.17) is 35.6 Å². The van der Waals surface area contributed by atoms with Crippen LogP contribution >= 0.6 is 11.6 Å². The zero-order valence-electron chi connectivity index (χ0n) is 22.1. The SMILES string of the molecule is COc1ccc(Nc2nc(C)nc3[nH]c4cc(-c5c(C)noc5C)c(OC)cc4c23)c(-c2ccc(Cl)cc2)c1. The van der Waals surface area contributed by atoms with Gasteiger partial charge in [0.15, 0.2) is 0 Å². The number of methoxy groups -OCH3 is 2. The van der Waals surface area contributed by atoms with Crippen LogP contribution in [0, 0.1) is 20.8 Å². The number of nitrogens with one attached hydrogen (secondary N) is 2. The van der Waals surface area contributed by atoms with E-state index in [9.17, 15) is 0 Å². The molecule has 6 aromatic rings. The Morgan fingerprint density at radius 2 is 1.69 bits per heavy atom. The van der Waals surface area contributed by atoms with Crippen LogP contribution in [0.15, 0.2) is 59.1 Å². The number of hydrogen-bond acceptors (Lipinski definition) is 7. The predicted octanol–water partition coefficient (Wildman–Crippen LogP) is 7.77. The fraction of sp³-hybridized carbons (Fsp3) is 0.167. The van der Waals surface area contributed by atoms with E-state index in [0.29, 0.717) is 22.4 Å². The third-order valence-corrected chi connectivity index (χ3v) is 7.07. The first-order chi connectivity index (χ1) is 18.9. The molecule has 0 amide bonds. The number of H-pyrrole nitrogens is 1. The summed E-state index contributed by atoms with van der Waals surface area (Å²) in [5.41, 5.74) is 7.04. The zero-order chi connectivity index (χ0) is 27.3. The standard InChI is InChI=1S/C30H26ClN5O3/c1-15-27(16(2)39-36-15)23-13-25-22(14-26(23)38-5)28-29(32-17(3)33-30(28)35-25)34-24-11-10-20(37-4)12-21(24)18-6-8-19(31)9-7-18/h6-14H,1-5H3,(H2,32,33,34,35). The predicted molar refractivity (Wildman–Crippen MR) is 154 cm³/mol. The molecule has 6 rings (SSSR count). The summed E-state index contributed by atoms with van der Waals surface area (Å²) in [5.74, 6) is 3.50. The van der Waals surface area contributed by atoms with Crippen molar-refractivity contribution >= 4 is 45.0 Å². The van der Waals surface area contributed by atoms with Crippen LogP contribution in [0.3, 0.4) is 0 Å². The number of aromatic nitrogens is 4. The molecule has 0 unspecified atom stereocenters. The van der Waals surface area contributed by atoms with Crippen molar-refractivity contribution in [2.75, 3.05) is 19.5 Å². The van der Waals surface area contributed by atoms with E-state index in [1.54, 1.807) is 14.2 Å². The number of rotatable bonds is 6. The van der Waals surface area contributed by atoms with E-state index in [1.165, 1.54) is 0 Å². The Balaban J connectivity index is 1.55. The second kappa shape index (κ2) is 9.63. The lowest BCUT2D eigenvalue weighted by molar-refractivity contribution is 0.393. The molecule has 0 aliphatic carbocycles. The first kappa shape index (κ1) is 24.8. The van der Waals surface area contributed by atoms with E-state index in [-0.39, 0.29) is 0 Å². The Labute approximate surface area is 229 Å². The number of halogens is 1. The van der Waals surface area contributed by atoms with Crippen molar-refractivity contribution in [2.24, 2.45) is 0 Å². The summed E-state index contributed by atoms with van der Waals surface area (Å²) in [4.78, 5) is 13.0. The topological polar surface area (TPSA) is 98.1 Å². The van der Waals surface area contributed by atoms with Gasteiger partial charge in [0.2, 0.25) is 0 Å². The summed E-state index contributed by atoms with van der Waals surface area (Å²) in [7, 11) is 3.31. The minimum absolute atomic E-state index is 0.635. The van der Waals surface area contributed by atoms with E-state index < -0.39 is 0 Å². The molecule has 0 radical (unpaired) electrons. The van der Waals surface area contributed by atoms with Crippen LogP contribution in [0.2, 0.25) is 5.02 Å². The molecule has 3 aromatic heterocycles. The summed E-state index contributed by atoms with van der Waals surface area (Å²) in [6, 6.07) is 17.7. The molecule has 0 fully saturated rings. The number of fused-ring (bicyclic) bond motifs is 3. The Morgan fingerprint density at radius 1 is 0.897 bits per heavy atom. The van der Waals surface area contributed by atoms with Crippen molar-refractivity contribution in [3.8, 4) is 33.8 Å². The second-order valence-electron chi connectivity index (χ2n) is 9.31. The summed E-state index contributed by atoms with van der Waals surface area (Å²) in [6.07, 6.45) is 0. The molecule has 9 heteroatoms. The Hall–Kier alpha value is -4.56. The van der Waals surface area contributed by atoms with Gasteiger partial charge in [-0.15, -0.1) is 0 Å². The van der Waals surface area contributed by atoms with Gasteiger partial charge >= 0.3 is 0 Å². The summed E-state index contributed by atoms with van der Waals surface area (Å²) in [5, 5.41) is 10.2. The number of anilines is 2. The number of aryl methyl sites for hydroxylation is 3. The maximum Gasteiger partial charge on any atom is 0.144 e. The fourth-order valence-corrected chi connectivity index (χ4v) is 5.14. The monoisotopic (exact) mass is 539 g/mol. The highest BCUT2D eigenvalue weighted by Crippen LogP contribution is 2.42. The number of hydrogen-bond donors (Lipinski definition) is 2. The van der Waals surface area contributed by atoms with E-state index in [1.807, 2.05) is 75.4 Å². The van der Waals surface area contributed by atoms with Crippen LogP contribution in [0.25, 0.3) is 44.2 Å². The molecule has 39 heavy (non-hydrogen) atoms. The normalized spacial score (nSPS) is 11.3.